The van der Waals surface area contributed by atoms with Gasteiger partial charge in [-0.25, -0.2) is 0 Å². The zero-order valence-electron chi connectivity index (χ0n) is 18.7. The number of aromatic nitrogens is 2. The molecule has 0 radical (unpaired) electrons. The van der Waals surface area contributed by atoms with Gasteiger partial charge in [-0.05, 0) is 85.9 Å². The first-order valence-electron chi connectivity index (χ1n) is 12.2. The molecule has 1 aromatic heterocycles. The summed E-state index contributed by atoms with van der Waals surface area (Å²) in [6, 6.07) is 2.09. The van der Waals surface area contributed by atoms with Crippen molar-refractivity contribution < 1.29 is 9.90 Å². The highest BCUT2D eigenvalue weighted by Crippen LogP contribution is 2.71. The molecule has 5 aliphatic rings. The Labute approximate surface area is 184 Å². The van der Waals surface area contributed by atoms with Crippen LogP contribution in [0, 0.1) is 51.8 Å². The van der Waals surface area contributed by atoms with Crippen molar-refractivity contribution in [2.75, 3.05) is 0 Å². The molecule has 1 N–H and O–H groups in total. The molecule has 6 rings (SSSR count). The smallest absolute Gasteiger partial charge is 0.157 e. The average Bonchev–Trinajstić information content (AvgIpc) is 3.07. The van der Waals surface area contributed by atoms with Crippen molar-refractivity contribution in [3.8, 4) is 6.07 Å². The first-order chi connectivity index (χ1) is 14.8. The molecule has 4 saturated carbocycles. The van der Waals surface area contributed by atoms with Gasteiger partial charge in [-0.3, -0.25) is 9.48 Å². The normalized spacial score (nSPS) is 47.3. The van der Waals surface area contributed by atoms with Crippen LogP contribution in [-0.4, -0.2) is 26.3 Å². The summed E-state index contributed by atoms with van der Waals surface area (Å²) in [4.78, 5) is 13.3. The summed E-state index contributed by atoms with van der Waals surface area (Å²) in [7, 11) is 0. The quantitative estimate of drug-likeness (QED) is 0.743. The number of aliphatic hydroxyl groups is 1. The van der Waals surface area contributed by atoms with Gasteiger partial charge < -0.3 is 5.11 Å². The maximum Gasteiger partial charge on any atom is 0.157 e. The van der Waals surface area contributed by atoms with Crippen LogP contribution in [0.15, 0.2) is 24.0 Å². The Morgan fingerprint density at radius 2 is 2.03 bits per heavy atom. The highest BCUT2D eigenvalue weighted by atomic mass is 16.3. The summed E-state index contributed by atoms with van der Waals surface area (Å²) in [5, 5.41) is 24.0. The zero-order valence-corrected chi connectivity index (χ0v) is 18.7. The minimum absolute atomic E-state index is 0.0364. The maximum atomic E-state index is 13.3. The molecule has 31 heavy (non-hydrogen) atoms. The molecule has 0 spiro atoms. The van der Waals surface area contributed by atoms with Crippen molar-refractivity contribution >= 4 is 5.78 Å². The van der Waals surface area contributed by atoms with E-state index >= 15 is 0 Å². The zero-order chi connectivity index (χ0) is 21.6. The predicted molar refractivity (Wildman–Crippen MR) is 116 cm³/mol. The molecule has 4 fully saturated rings. The number of hydrogen-bond acceptors (Lipinski definition) is 4. The number of hydrogen-bond donors (Lipinski definition) is 1. The topological polar surface area (TPSA) is 78.9 Å². The van der Waals surface area contributed by atoms with Crippen LogP contribution in [0.5, 0.6) is 0 Å². The molecule has 8 atom stereocenters. The Hall–Kier alpha value is -1.93. The predicted octanol–water partition coefficient (Wildman–Crippen LogP) is 4.26. The minimum atomic E-state index is -0.344. The third kappa shape index (κ3) is 2.64. The molecule has 0 aliphatic heterocycles. The van der Waals surface area contributed by atoms with Crippen LogP contribution in [0.25, 0.3) is 0 Å². The summed E-state index contributed by atoms with van der Waals surface area (Å²) in [6.45, 7) is 5.12. The Balaban J connectivity index is 1.25. The summed E-state index contributed by atoms with van der Waals surface area (Å²) in [5.41, 5.74) is 2.13. The molecular weight excluding hydrogens is 386 g/mol. The molecule has 0 bridgehead atoms. The van der Waals surface area contributed by atoms with Gasteiger partial charge in [0.25, 0.3) is 0 Å². The third-order valence-corrected chi connectivity index (χ3v) is 10.5. The van der Waals surface area contributed by atoms with E-state index in [1.807, 2.05) is 0 Å². The van der Waals surface area contributed by atoms with Crippen LogP contribution in [0.4, 0.5) is 0 Å². The van der Waals surface area contributed by atoms with E-state index in [0.717, 1.165) is 38.5 Å². The number of Topliss-reactive ketones (excluding diaryl/α,β-unsaturated/α-hetero) is 1. The second-order valence-corrected chi connectivity index (χ2v) is 11.7. The van der Waals surface area contributed by atoms with Gasteiger partial charge in [0.2, 0.25) is 0 Å². The first-order valence-corrected chi connectivity index (χ1v) is 12.2. The van der Waals surface area contributed by atoms with Gasteiger partial charge in [-0.15, -0.1) is 0 Å². The van der Waals surface area contributed by atoms with Crippen LogP contribution in [0.1, 0.15) is 70.8 Å². The van der Waals surface area contributed by atoms with Crippen LogP contribution in [-0.2, 0) is 11.3 Å². The Bertz CT molecular complexity index is 1020. The fourth-order valence-electron chi connectivity index (χ4n) is 8.71. The lowest BCUT2D eigenvalue weighted by atomic mass is 9.48. The van der Waals surface area contributed by atoms with E-state index in [2.05, 4.69) is 31.1 Å². The Kier molecular flexibility index (Phi) is 4.02. The molecule has 164 valence electrons. The highest BCUT2D eigenvalue weighted by Gasteiger charge is 2.67. The van der Waals surface area contributed by atoms with E-state index < -0.39 is 0 Å². The van der Waals surface area contributed by atoms with E-state index in [1.165, 1.54) is 19.0 Å². The molecule has 0 saturated heterocycles. The SMILES string of the molecule is C[C@]12CC=C3[C@@H](CC[C@H]4C5C[C@@]5(O)CC[C@]34C)[C@@H]1CC[C@H]2C(=O)Cn1cc(C#N)cn1. The summed E-state index contributed by atoms with van der Waals surface area (Å²) in [5.74, 6) is 2.72. The van der Waals surface area contributed by atoms with Gasteiger partial charge in [-0.1, -0.05) is 25.5 Å². The molecule has 5 heteroatoms. The number of fused-ring (bicyclic) bond motifs is 7. The van der Waals surface area contributed by atoms with E-state index in [-0.39, 0.29) is 34.7 Å². The van der Waals surface area contributed by atoms with Crippen molar-refractivity contribution in [3.05, 3.63) is 29.6 Å². The van der Waals surface area contributed by atoms with Gasteiger partial charge in [0.15, 0.2) is 5.78 Å². The third-order valence-electron chi connectivity index (χ3n) is 10.5. The fraction of sp³-hybridized carbons (Fsp3) is 0.731. The second kappa shape index (κ2) is 6.32. The largest absolute Gasteiger partial charge is 0.390 e. The van der Waals surface area contributed by atoms with Gasteiger partial charge in [0, 0.05) is 12.1 Å². The summed E-state index contributed by atoms with van der Waals surface area (Å²) >= 11 is 0. The monoisotopic (exact) mass is 419 g/mol. The van der Waals surface area contributed by atoms with Crippen LogP contribution < -0.4 is 0 Å². The van der Waals surface area contributed by atoms with Crippen molar-refractivity contribution in [3.63, 3.8) is 0 Å². The Morgan fingerprint density at radius 1 is 1.23 bits per heavy atom. The van der Waals surface area contributed by atoms with Crippen molar-refractivity contribution in [1.29, 1.82) is 5.26 Å². The van der Waals surface area contributed by atoms with Crippen LogP contribution in [0.2, 0.25) is 0 Å². The number of nitriles is 1. The Morgan fingerprint density at radius 3 is 2.81 bits per heavy atom. The van der Waals surface area contributed by atoms with E-state index in [0.29, 0.717) is 29.2 Å². The summed E-state index contributed by atoms with van der Waals surface area (Å²) < 4.78 is 1.63. The van der Waals surface area contributed by atoms with Crippen molar-refractivity contribution in [1.82, 2.24) is 9.78 Å². The first kappa shape index (κ1) is 19.7. The number of carbonyl (C=O) groups is 1. The minimum Gasteiger partial charge on any atom is -0.390 e. The van der Waals surface area contributed by atoms with Crippen LogP contribution >= 0.6 is 0 Å². The number of rotatable bonds is 3. The van der Waals surface area contributed by atoms with Crippen LogP contribution in [0.3, 0.4) is 0 Å². The number of nitrogens with zero attached hydrogens (tertiary/aromatic N) is 3. The standard InChI is InChI=1S/C26H33N3O2/c1-24-8-7-19-17(3-4-20-22-11-26(22,31)10-9-25(19,20)2)18(24)5-6-21(24)23(30)15-29-14-16(12-27)13-28-29/h7,13-14,17-18,20-22,31H,3-6,8-11,15H2,1-2H3/t17-,18-,20-,21-,22?,24-,25+,26-/m0/s1. The lowest BCUT2D eigenvalue weighted by molar-refractivity contribution is -0.127. The van der Waals surface area contributed by atoms with Crippen molar-refractivity contribution in [2.24, 2.45) is 40.4 Å². The van der Waals surface area contributed by atoms with E-state index in [9.17, 15) is 9.90 Å². The van der Waals surface area contributed by atoms with Crippen molar-refractivity contribution in [2.45, 2.75) is 77.4 Å². The molecule has 0 aromatic carbocycles. The lowest BCUT2D eigenvalue weighted by Crippen LogP contribution is -2.49. The maximum absolute atomic E-state index is 13.3. The van der Waals surface area contributed by atoms with Gasteiger partial charge in [-0.2, -0.15) is 10.4 Å². The molecule has 0 amide bonds. The number of allylic oxidation sites excluding steroid dienone is 2. The molecule has 5 nitrogen and oxygen atoms in total. The fourth-order valence-corrected chi connectivity index (χ4v) is 8.71. The number of ketones is 1. The molecule has 5 aliphatic carbocycles. The second-order valence-electron chi connectivity index (χ2n) is 11.7. The van der Waals surface area contributed by atoms with Gasteiger partial charge in [0.05, 0.1) is 23.9 Å². The van der Waals surface area contributed by atoms with E-state index in [1.54, 1.807) is 16.5 Å². The number of carbonyl (C=O) groups excluding carboxylic acids is 1. The molecule has 1 heterocycles. The average molecular weight is 420 g/mol. The highest BCUT2D eigenvalue weighted by molar-refractivity contribution is 5.82. The van der Waals surface area contributed by atoms with Gasteiger partial charge >= 0.3 is 0 Å². The molecule has 1 unspecified atom stereocenters. The molecule has 1 aromatic rings. The van der Waals surface area contributed by atoms with E-state index in [4.69, 9.17) is 5.26 Å². The lowest BCUT2D eigenvalue weighted by Gasteiger charge is -2.56. The van der Waals surface area contributed by atoms with Gasteiger partial charge in [0.1, 0.15) is 6.07 Å². The summed E-state index contributed by atoms with van der Waals surface area (Å²) in [6.07, 6.45) is 14.4. The molecular formula is C26H33N3O2.